The normalized spacial score (nSPS) is 11.8. The second-order valence-corrected chi connectivity index (χ2v) is 7.12. The molecule has 0 aliphatic carbocycles. The Balaban J connectivity index is 1.88. The summed E-state index contributed by atoms with van der Waals surface area (Å²) in [6, 6.07) is 16.0. The van der Waals surface area contributed by atoms with Crippen molar-refractivity contribution < 1.29 is 18.0 Å². The molecule has 0 aliphatic rings. The van der Waals surface area contributed by atoms with Crippen LogP contribution in [0.5, 0.6) is 0 Å². The van der Waals surface area contributed by atoms with Crippen molar-refractivity contribution in [3.8, 4) is 0 Å². The summed E-state index contributed by atoms with van der Waals surface area (Å²) in [5.74, 6) is -0.310. The number of hydrogen-bond donors (Lipinski definition) is 0. The van der Waals surface area contributed by atoms with Crippen LogP contribution in [-0.2, 0) is 12.7 Å². The number of halogens is 3. The molecule has 1 aromatic heterocycles. The second-order valence-electron chi connectivity index (χ2n) is 7.12. The maximum Gasteiger partial charge on any atom is 0.416 e. The number of rotatable bonds is 6. The fourth-order valence-corrected chi connectivity index (χ4v) is 2.99. The van der Waals surface area contributed by atoms with Gasteiger partial charge in [-0.2, -0.15) is 13.2 Å². The molecule has 2 aromatic carbocycles. The molecule has 4 nitrogen and oxygen atoms in total. The minimum absolute atomic E-state index is 0.0745. The van der Waals surface area contributed by atoms with E-state index in [-0.39, 0.29) is 18.1 Å². The highest BCUT2D eigenvalue weighted by atomic mass is 19.4. The van der Waals surface area contributed by atoms with Crippen LogP contribution in [0.3, 0.4) is 0 Å². The summed E-state index contributed by atoms with van der Waals surface area (Å²) < 4.78 is 39.1. The molecule has 0 spiro atoms. The van der Waals surface area contributed by atoms with Gasteiger partial charge in [-0.15, -0.1) is 0 Å². The Morgan fingerprint density at radius 3 is 2.45 bits per heavy atom. The summed E-state index contributed by atoms with van der Waals surface area (Å²) in [5.41, 5.74) is 0.672. The predicted octanol–water partition coefficient (Wildman–Crippen LogP) is 4.46. The van der Waals surface area contributed by atoms with Gasteiger partial charge in [0, 0.05) is 25.0 Å². The predicted molar refractivity (Wildman–Crippen MR) is 106 cm³/mol. The number of nitrogens with zero attached hydrogens (tertiary/aromatic N) is 3. The van der Waals surface area contributed by atoms with Gasteiger partial charge in [0.25, 0.3) is 5.91 Å². The molecule has 0 saturated carbocycles. The highest BCUT2D eigenvalue weighted by Crippen LogP contribution is 2.29. The average Bonchev–Trinajstić information content (AvgIpc) is 2.69. The summed E-state index contributed by atoms with van der Waals surface area (Å²) in [5, 5.41) is 0.918. The van der Waals surface area contributed by atoms with Gasteiger partial charge >= 0.3 is 6.18 Å². The quantitative estimate of drug-likeness (QED) is 0.612. The van der Waals surface area contributed by atoms with Gasteiger partial charge in [-0.05, 0) is 43.9 Å². The lowest BCUT2D eigenvalue weighted by molar-refractivity contribution is -0.137. The van der Waals surface area contributed by atoms with Gasteiger partial charge in [-0.3, -0.25) is 4.79 Å². The number of fused-ring (bicyclic) bond motifs is 1. The Labute approximate surface area is 167 Å². The Hall–Kier alpha value is -2.93. The van der Waals surface area contributed by atoms with E-state index in [4.69, 9.17) is 0 Å². The molecule has 1 amide bonds. The Kier molecular flexibility index (Phi) is 6.17. The van der Waals surface area contributed by atoms with Gasteiger partial charge in [-0.1, -0.05) is 36.4 Å². The zero-order valence-corrected chi connectivity index (χ0v) is 16.3. The van der Waals surface area contributed by atoms with Crippen molar-refractivity contribution in [2.45, 2.75) is 12.7 Å². The van der Waals surface area contributed by atoms with Crippen LogP contribution in [0.1, 0.15) is 21.6 Å². The summed E-state index contributed by atoms with van der Waals surface area (Å²) >= 11 is 0. The van der Waals surface area contributed by atoms with E-state index < -0.39 is 11.7 Å². The molecule has 0 bridgehead atoms. The smallest absolute Gasteiger partial charge is 0.332 e. The minimum Gasteiger partial charge on any atom is -0.332 e. The molecular formula is C22H22F3N3O. The largest absolute Gasteiger partial charge is 0.416 e. The molecule has 0 unspecified atom stereocenters. The highest BCUT2D eigenvalue weighted by Gasteiger charge is 2.30. The fraction of sp³-hybridized carbons (Fsp3) is 0.273. The van der Waals surface area contributed by atoms with Crippen LogP contribution in [-0.4, -0.2) is 47.9 Å². The SMILES string of the molecule is CN(C)CCN(Cc1cccc(C(F)(F)F)c1)C(=O)c1ccc2ccccc2n1. The van der Waals surface area contributed by atoms with E-state index in [0.29, 0.717) is 24.2 Å². The van der Waals surface area contributed by atoms with Crippen molar-refractivity contribution in [1.29, 1.82) is 0 Å². The van der Waals surface area contributed by atoms with Crippen molar-refractivity contribution >= 4 is 16.8 Å². The average molecular weight is 401 g/mol. The number of amides is 1. The third kappa shape index (κ3) is 5.32. The van der Waals surface area contributed by atoms with E-state index in [1.807, 2.05) is 49.3 Å². The molecule has 152 valence electrons. The van der Waals surface area contributed by atoms with E-state index in [0.717, 1.165) is 17.5 Å². The third-order valence-electron chi connectivity index (χ3n) is 4.55. The van der Waals surface area contributed by atoms with E-state index in [2.05, 4.69) is 4.98 Å². The van der Waals surface area contributed by atoms with Crippen molar-refractivity contribution in [2.75, 3.05) is 27.2 Å². The maximum absolute atomic E-state index is 13.1. The first-order valence-corrected chi connectivity index (χ1v) is 9.20. The molecule has 0 aliphatic heterocycles. The molecule has 0 N–H and O–H groups in total. The molecule has 7 heteroatoms. The summed E-state index contributed by atoms with van der Waals surface area (Å²) in [4.78, 5) is 21.0. The molecule has 3 aromatic rings. The lowest BCUT2D eigenvalue weighted by Crippen LogP contribution is -2.36. The Bertz CT molecular complexity index is 1000. The van der Waals surface area contributed by atoms with Crippen LogP contribution < -0.4 is 0 Å². The van der Waals surface area contributed by atoms with Crippen molar-refractivity contribution in [3.05, 3.63) is 77.5 Å². The summed E-state index contributed by atoms with van der Waals surface area (Å²) in [7, 11) is 3.75. The standard InChI is InChI=1S/C22H22F3N3O/c1-27(2)12-13-28(15-16-6-5-8-18(14-16)22(23,24)25)21(29)20-11-10-17-7-3-4-9-19(17)26-20/h3-11,14H,12-13,15H2,1-2H3. The molecule has 0 radical (unpaired) electrons. The number of carbonyl (C=O) groups excluding carboxylic acids is 1. The number of para-hydroxylation sites is 1. The van der Waals surface area contributed by atoms with Crippen LogP contribution in [0.25, 0.3) is 10.9 Å². The molecule has 0 atom stereocenters. The van der Waals surface area contributed by atoms with Crippen molar-refractivity contribution in [2.24, 2.45) is 0 Å². The molecular weight excluding hydrogens is 379 g/mol. The van der Waals surface area contributed by atoms with Gasteiger partial charge in [0.1, 0.15) is 5.69 Å². The van der Waals surface area contributed by atoms with Gasteiger partial charge in [0.05, 0.1) is 11.1 Å². The topological polar surface area (TPSA) is 36.4 Å². The Morgan fingerprint density at radius 2 is 1.72 bits per heavy atom. The van der Waals surface area contributed by atoms with Crippen molar-refractivity contribution in [3.63, 3.8) is 0 Å². The third-order valence-corrected chi connectivity index (χ3v) is 4.55. The van der Waals surface area contributed by atoms with Crippen LogP contribution in [0.4, 0.5) is 13.2 Å². The number of alkyl halides is 3. The van der Waals surface area contributed by atoms with Gasteiger partial charge in [0.15, 0.2) is 0 Å². The molecule has 29 heavy (non-hydrogen) atoms. The molecule has 1 heterocycles. The van der Waals surface area contributed by atoms with Crippen LogP contribution >= 0.6 is 0 Å². The molecule has 0 fully saturated rings. The highest BCUT2D eigenvalue weighted by molar-refractivity contribution is 5.94. The monoisotopic (exact) mass is 401 g/mol. The van der Waals surface area contributed by atoms with E-state index >= 15 is 0 Å². The number of aromatic nitrogens is 1. The van der Waals surface area contributed by atoms with E-state index in [1.165, 1.54) is 11.0 Å². The number of carbonyl (C=O) groups is 1. The lowest BCUT2D eigenvalue weighted by atomic mass is 10.1. The van der Waals surface area contributed by atoms with E-state index in [1.54, 1.807) is 12.1 Å². The van der Waals surface area contributed by atoms with Gasteiger partial charge < -0.3 is 9.80 Å². The van der Waals surface area contributed by atoms with E-state index in [9.17, 15) is 18.0 Å². The van der Waals surface area contributed by atoms with Crippen LogP contribution in [0.2, 0.25) is 0 Å². The van der Waals surface area contributed by atoms with Gasteiger partial charge in [-0.25, -0.2) is 4.98 Å². The first kappa shape index (κ1) is 20.8. The first-order chi connectivity index (χ1) is 13.7. The zero-order chi connectivity index (χ0) is 21.0. The first-order valence-electron chi connectivity index (χ1n) is 9.20. The summed E-state index contributed by atoms with van der Waals surface area (Å²) in [6.07, 6.45) is -4.42. The van der Waals surface area contributed by atoms with Crippen molar-refractivity contribution in [1.82, 2.24) is 14.8 Å². The van der Waals surface area contributed by atoms with Gasteiger partial charge in [0.2, 0.25) is 0 Å². The van der Waals surface area contributed by atoms with Crippen LogP contribution in [0, 0.1) is 0 Å². The number of hydrogen-bond acceptors (Lipinski definition) is 3. The Morgan fingerprint density at radius 1 is 0.966 bits per heavy atom. The maximum atomic E-state index is 13.1. The molecule has 3 rings (SSSR count). The minimum atomic E-state index is -4.42. The number of pyridine rings is 1. The fourth-order valence-electron chi connectivity index (χ4n) is 2.99. The lowest BCUT2D eigenvalue weighted by Gasteiger charge is -2.25. The number of likely N-dealkylation sites (N-methyl/N-ethyl adjacent to an activating group) is 1. The van der Waals surface area contributed by atoms with Crippen LogP contribution in [0.15, 0.2) is 60.7 Å². The second kappa shape index (κ2) is 8.61. The molecule has 0 saturated heterocycles. The number of benzene rings is 2. The summed E-state index contributed by atoms with van der Waals surface area (Å²) in [6.45, 7) is 1.03. The zero-order valence-electron chi connectivity index (χ0n) is 16.3.